The van der Waals surface area contributed by atoms with Gasteiger partial charge in [-0.2, -0.15) is 0 Å². The number of carbonyl (C=O) groups is 2. The number of thiazole rings is 1. The number of halogens is 1. The summed E-state index contributed by atoms with van der Waals surface area (Å²) < 4.78 is 14.4. The Kier molecular flexibility index (Phi) is 6.06. The van der Waals surface area contributed by atoms with Gasteiger partial charge in [-0.1, -0.05) is 30.4 Å². The number of pyridine rings is 1. The largest absolute Gasteiger partial charge is 0.312 e. The van der Waals surface area contributed by atoms with E-state index in [1.54, 1.807) is 28.1 Å². The third-order valence-corrected chi connectivity index (χ3v) is 7.05. The van der Waals surface area contributed by atoms with Crippen LogP contribution in [0.15, 0.2) is 66.9 Å². The average Bonchev–Trinajstić information content (AvgIpc) is 3.46. The molecule has 5 rings (SSSR count). The maximum absolute atomic E-state index is 13.8. The molecule has 1 aliphatic rings. The minimum atomic E-state index is -0.528. The summed E-state index contributed by atoms with van der Waals surface area (Å²) in [4.78, 5) is 38.8. The molecular formula is C26H23FN4O2S. The van der Waals surface area contributed by atoms with Crippen molar-refractivity contribution in [2.24, 2.45) is 5.92 Å². The normalized spacial score (nSPS) is 15.8. The molecule has 1 atom stereocenters. The van der Waals surface area contributed by atoms with E-state index < -0.39 is 5.92 Å². The van der Waals surface area contributed by atoms with Crippen LogP contribution >= 0.6 is 11.3 Å². The number of fused-ring (bicyclic) bond motifs is 1. The summed E-state index contributed by atoms with van der Waals surface area (Å²) in [6.45, 7) is 2.61. The fourth-order valence-electron chi connectivity index (χ4n) is 4.15. The molecule has 1 unspecified atom stereocenters. The zero-order valence-corrected chi connectivity index (χ0v) is 19.5. The molecule has 2 aromatic carbocycles. The standard InChI is InChI=1S/C26H23FN4O2S/c1-2-17-6-11-22-23(13-17)34-26(29-22)31(16-20-5-3-4-12-28-20)25(33)18-14-24(32)30(15-18)21-9-7-19(27)8-10-21/h3-13,18H,2,14-16H2,1H3. The number of benzene rings is 2. The number of aryl methyl sites for hydroxylation is 1. The van der Waals surface area contributed by atoms with Crippen molar-refractivity contribution in [1.29, 1.82) is 0 Å². The molecule has 34 heavy (non-hydrogen) atoms. The predicted octanol–water partition coefficient (Wildman–Crippen LogP) is 4.98. The van der Waals surface area contributed by atoms with Gasteiger partial charge in [0.2, 0.25) is 11.8 Å². The second kappa shape index (κ2) is 9.30. The number of amides is 2. The quantitative estimate of drug-likeness (QED) is 0.395. The maximum atomic E-state index is 13.8. The molecule has 0 aliphatic carbocycles. The van der Waals surface area contributed by atoms with Crippen molar-refractivity contribution in [2.45, 2.75) is 26.3 Å². The van der Waals surface area contributed by atoms with Crippen molar-refractivity contribution in [3.05, 3.63) is 83.9 Å². The van der Waals surface area contributed by atoms with Gasteiger partial charge in [-0.25, -0.2) is 9.37 Å². The first-order valence-corrected chi connectivity index (χ1v) is 12.0. The monoisotopic (exact) mass is 474 g/mol. The number of anilines is 2. The van der Waals surface area contributed by atoms with E-state index in [2.05, 4.69) is 18.0 Å². The van der Waals surface area contributed by atoms with Crippen molar-refractivity contribution < 1.29 is 14.0 Å². The molecule has 0 bridgehead atoms. The molecule has 1 saturated heterocycles. The van der Waals surface area contributed by atoms with E-state index in [0.717, 1.165) is 22.3 Å². The molecule has 0 N–H and O–H groups in total. The number of nitrogens with zero attached hydrogens (tertiary/aromatic N) is 4. The molecule has 0 saturated carbocycles. The first-order chi connectivity index (χ1) is 16.5. The van der Waals surface area contributed by atoms with Gasteiger partial charge in [0, 0.05) is 24.8 Å². The fourth-order valence-corrected chi connectivity index (χ4v) is 5.18. The Bertz CT molecular complexity index is 1340. The number of rotatable bonds is 6. The van der Waals surface area contributed by atoms with Crippen molar-refractivity contribution in [1.82, 2.24) is 9.97 Å². The Morgan fingerprint density at radius 1 is 1.18 bits per heavy atom. The zero-order chi connectivity index (χ0) is 23.7. The van der Waals surface area contributed by atoms with Crippen LogP contribution in [0.3, 0.4) is 0 Å². The van der Waals surface area contributed by atoms with Crippen LogP contribution in [0, 0.1) is 11.7 Å². The summed E-state index contributed by atoms with van der Waals surface area (Å²) in [6, 6.07) is 17.5. The maximum Gasteiger partial charge on any atom is 0.234 e. The van der Waals surface area contributed by atoms with Crippen LogP contribution in [0.1, 0.15) is 24.6 Å². The molecule has 0 radical (unpaired) electrons. The molecule has 8 heteroatoms. The molecule has 1 aliphatic heterocycles. The molecule has 172 valence electrons. The van der Waals surface area contributed by atoms with Crippen LogP contribution in [0.5, 0.6) is 0 Å². The highest BCUT2D eigenvalue weighted by molar-refractivity contribution is 7.22. The third kappa shape index (κ3) is 4.41. The summed E-state index contributed by atoms with van der Waals surface area (Å²) in [7, 11) is 0. The minimum Gasteiger partial charge on any atom is -0.312 e. The molecule has 1 fully saturated rings. The molecule has 0 spiro atoms. The van der Waals surface area contributed by atoms with Gasteiger partial charge in [-0.15, -0.1) is 0 Å². The predicted molar refractivity (Wildman–Crippen MR) is 131 cm³/mol. The first-order valence-electron chi connectivity index (χ1n) is 11.2. The fraction of sp³-hybridized carbons (Fsp3) is 0.231. The van der Waals surface area contributed by atoms with Gasteiger partial charge < -0.3 is 4.90 Å². The summed E-state index contributed by atoms with van der Waals surface area (Å²) in [5.74, 6) is -1.22. The highest BCUT2D eigenvalue weighted by atomic mass is 32.1. The van der Waals surface area contributed by atoms with Gasteiger partial charge in [-0.05, 0) is 60.5 Å². The molecular weight excluding hydrogens is 451 g/mol. The third-order valence-electron chi connectivity index (χ3n) is 6.01. The van der Waals surface area contributed by atoms with Crippen LogP contribution in [-0.4, -0.2) is 28.3 Å². The molecule has 2 amide bonds. The van der Waals surface area contributed by atoms with E-state index in [9.17, 15) is 14.0 Å². The average molecular weight is 475 g/mol. The number of hydrogen-bond acceptors (Lipinski definition) is 5. The summed E-state index contributed by atoms with van der Waals surface area (Å²) in [6.07, 6.45) is 2.71. The molecule has 4 aromatic rings. The minimum absolute atomic E-state index is 0.0970. The molecule has 3 heterocycles. The SMILES string of the molecule is CCc1ccc2nc(N(Cc3ccccn3)C(=O)C3CC(=O)N(c4ccc(F)cc4)C3)sc2c1. The second-order valence-corrected chi connectivity index (χ2v) is 9.29. The molecule has 6 nitrogen and oxygen atoms in total. The Balaban J connectivity index is 1.46. The van der Waals surface area contributed by atoms with Crippen LogP contribution in [-0.2, 0) is 22.6 Å². The Morgan fingerprint density at radius 3 is 2.74 bits per heavy atom. The summed E-state index contributed by atoms with van der Waals surface area (Å²) >= 11 is 1.47. The van der Waals surface area contributed by atoms with E-state index in [0.29, 0.717) is 10.8 Å². The Hall–Kier alpha value is -3.65. The summed E-state index contributed by atoms with van der Waals surface area (Å²) in [5.41, 5.74) is 3.38. The number of aromatic nitrogens is 2. The van der Waals surface area contributed by atoms with E-state index in [1.807, 2.05) is 30.3 Å². The first kappa shape index (κ1) is 22.2. The van der Waals surface area contributed by atoms with E-state index in [4.69, 9.17) is 4.98 Å². The lowest BCUT2D eigenvalue weighted by Crippen LogP contribution is -2.37. The lowest BCUT2D eigenvalue weighted by molar-refractivity contribution is -0.124. The summed E-state index contributed by atoms with van der Waals surface area (Å²) in [5, 5.41) is 0.589. The van der Waals surface area contributed by atoms with Gasteiger partial charge in [0.15, 0.2) is 5.13 Å². The van der Waals surface area contributed by atoms with Crippen molar-refractivity contribution >= 4 is 44.2 Å². The van der Waals surface area contributed by atoms with Gasteiger partial charge >= 0.3 is 0 Å². The van der Waals surface area contributed by atoms with Crippen molar-refractivity contribution in [3.63, 3.8) is 0 Å². The molecule has 2 aromatic heterocycles. The van der Waals surface area contributed by atoms with E-state index >= 15 is 0 Å². The highest BCUT2D eigenvalue weighted by Gasteiger charge is 2.38. The Labute approximate surface area is 200 Å². The van der Waals surface area contributed by atoms with Crippen LogP contribution in [0.2, 0.25) is 0 Å². The smallest absolute Gasteiger partial charge is 0.234 e. The van der Waals surface area contributed by atoms with Gasteiger partial charge in [0.25, 0.3) is 0 Å². The number of carbonyl (C=O) groups excluding carboxylic acids is 2. The number of hydrogen-bond donors (Lipinski definition) is 0. The Morgan fingerprint density at radius 2 is 2.00 bits per heavy atom. The van der Waals surface area contributed by atoms with E-state index in [-0.39, 0.29) is 37.1 Å². The van der Waals surface area contributed by atoms with Crippen molar-refractivity contribution in [3.8, 4) is 0 Å². The lowest BCUT2D eigenvalue weighted by atomic mass is 10.1. The van der Waals surface area contributed by atoms with Crippen molar-refractivity contribution in [2.75, 3.05) is 16.3 Å². The zero-order valence-electron chi connectivity index (χ0n) is 18.6. The van der Waals surface area contributed by atoms with Gasteiger partial charge in [0.1, 0.15) is 5.82 Å². The van der Waals surface area contributed by atoms with E-state index in [1.165, 1.54) is 29.0 Å². The van der Waals surface area contributed by atoms with Crippen LogP contribution in [0.25, 0.3) is 10.2 Å². The van der Waals surface area contributed by atoms with Gasteiger partial charge in [-0.3, -0.25) is 19.5 Å². The second-order valence-electron chi connectivity index (χ2n) is 8.28. The van der Waals surface area contributed by atoms with Crippen LogP contribution in [0.4, 0.5) is 15.2 Å². The van der Waals surface area contributed by atoms with Gasteiger partial charge in [0.05, 0.1) is 28.4 Å². The van der Waals surface area contributed by atoms with Crippen LogP contribution < -0.4 is 9.80 Å². The lowest BCUT2D eigenvalue weighted by Gasteiger charge is -2.23. The topological polar surface area (TPSA) is 66.4 Å². The highest BCUT2D eigenvalue weighted by Crippen LogP contribution is 2.33.